The minimum Gasteiger partial charge on any atom is -0.491 e. The third kappa shape index (κ3) is 4.45. The molecule has 0 aliphatic heterocycles. The Morgan fingerprint density at radius 1 is 1.39 bits per heavy atom. The highest BCUT2D eigenvalue weighted by Crippen LogP contribution is 2.28. The van der Waals surface area contributed by atoms with Crippen molar-refractivity contribution in [3.05, 3.63) is 18.2 Å². The molecule has 1 rings (SSSR count). The zero-order chi connectivity index (χ0) is 13.6. The van der Waals surface area contributed by atoms with Crippen LogP contribution in [0.3, 0.4) is 0 Å². The van der Waals surface area contributed by atoms with Crippen molar-refractivity contribution in [2.24, 2.45) is 0 Å². The predicted molar refractivity (Wildman–Crippen MR) is 76.0 cm³/mol. The van der Waals surface area contributed by atoms with Gasteiger partial charge in [0.2, 0.25) is 0 Å². The molecule has 0 saturated carbocycles. The average Bonchev–Trinajstić information content (AvgIpc) is 2.29. The molecule has 0 aromatic heterocycles. The van der Waals surface area contributed by atoms with Crippen molar-refractivity contribution in [1.29, 1.82) is 0 Å². The largest absolute Gasteiger partial charge is 0.491 e. The highest BCUT2D eigenvalue weighted by atomic mass is 16.5. The smallest absolute Gasteiger partial charge is 0.144 e. The Morgan fingerprint density at radius 3 is 2.72 bits per heavy atom. The monoisotopic (exact) mass is 252 g/mol. The first-order valence-electron chi connectivity index (χ1n) is 6.40. The fourth-order valence-corrected chi connectivity index (χ4v) is 1.68. The molecule has 0 aliphatic rings. The fourth-order valence-electron chi connectivity index (χ4n) is 1.68. The molecule has 0 unspecified atom stereocenters. The molecule has 1 aromatic rings. The Bertz CT molecular complexity index is 378. The topological polar surface area (TPSA) is 67.5 Å². The lowest BCUT2D eigenvalue weighted by Gasteiger charge is -2.27. The van der Waals surface area contributed by atoms with Crippen molar-refractivity contribution >= 4 is 11.4 Å². The van der Waals surface area contributed by atoms with Crippen LogP contribution in [0.15, 0.2) is 18.2 Å². The number of rotatable bonds is 7. The van der Waals surface area contributed by atoms with Crippen LogP contribution in [0.1, 0.15) is 33.6 Å². The molecule has 4 nitrogen and oxygen atoms in total. The van der Waals surface area contributed by atoms with E-state index in [1.807, 2.05) is 32.0 Å². The molecular formula is C14H24N2O2. The minimum absolute atomic E-state index is 0.160. The van der Waals surface area contributed by atoms with Crippen LogP contribution >= 0.6 is 0 Å². The van der Waals surface area contributed by atoms with Crippen LogP contribution in [0.25, 0.3) is 0 Å². The van der Waals surface area contributed by atoms with Crippen LogP contribution in [0.5, 0.6) is 5.75 Å². The number of ether oxygens (including phenoxy) is 1. The number of anilines is 2. The molecule has 0 amide bonds. The lowest BCUT2D eigenvalue weighted by Crippen LogP contribution is -2.31. The highest BCUT2D eigenvalue weighted by Gasteiger charge is 2.16. The molecule has 102 valence electrons. The summed E-state index contributed by atoms with van der Waals surface area (Å²) in [6, 6.07) is 5.67. The van der Waals surface area contributed by atoms with Crippen molar-refractivity contribution < 1.29 is 9.84 Å². The number of aliphatic hydroxyl groups is 1. The Hall–Kier alpha value is -1.42. The summed E-state index contributed by atoms with van der Waals surface area (Å²) in [7, 11) is 0. The van der Waals surface area contributed by atoms with E-state index >= 15 is 0 Å². The van der Waals surface area contributed by atoms with Gasteiger partial charge in [0.1, 0.15) is 5.75 Å². The van der Waals surface area contributed by atoms with Gasteiger partial charge >= 0.3 is 0 Å². The van der Waals surface area contributed by atoms with Gasteiger partial charge in [-0.3, -0.25) is 0 Å². The molecule has 0 atom stereocenters. The molecule has 0 fully saturated rings. The van der Waals surface area contributed by atoms with Gasteiger partial charge in [0.15, 0.2) is 0 Å². The first-order valence-corrected chi connectivity index (χ1v) is 6.40. The zero-order valence-corrected chi connectivity index (χ0v) is 11.5. The van der Waals surface area contributed by atoms with Gasteiger partial charge in [0.05, 0.1) is 12.3 Å². The summed E-state index contributed by atoms with van der Waals surface area (Å²) in [6.45, 7) is 6.98. The van der Waals surface area contributed by atoms with Crippen LogP contribution in [0.4, 0.5) is 11.4 Å². The molecule has 0 heterocycles. The van der Waals surface area contributed by atoms with Crippen molar-refractivity contribution in [2.75, 3.05) is 24.3 Å². The van der Waals surface area contributed by atoms with Crippen LogP contribution in [-0.2, 0) is 0 Å². The molecular weight excluding hydrogens is 228 g/mol. The van der Waals surface area contributed by atoms with Gasteiger partial charge in [-0.2, -0.15) is 0 Å². The minimum atomic E-state index is -0.160. The van der Waals surface area contributed by atoms with Crippen LogP contribution < -0.4 is 15.8 Å². The fraction of sp³-hybridized carbons (Fsp3) is 0.571. The molecule has 4 heteroatoms. The van der Waals surface area contributed by atoms with Gasteiger partial charge in [0, 0.05) is 23.9 Å². The summed E-state index contributed by atoms with van der Waals surface area (Å²) in [5.74, 6) is 0.710. The molecule has 0 bridgehead atoms. The maximum absolute atomic E-state index is 9.01. The molecule has 18 heavy (non-hydrogen) atoms. The van der Waals surface area contributed by atoms with Gasteiger partial charge in [-0.05, 0) is 38.8 Å². The molecule has 1 aromatic carbocycles. The third-order valence-electron chi connectivity index (χ3n) is 2.69. The zero-order valence-electron chi connectivity index (χ0n) is 11.5. The van der Waals surface area contributed by atoms with Crippen molar-refractivity contribution in [3.63, 3.8) is 0 Å². The lowest BCUT2D eigenvalue weighted by molar-refractivity contribution is 0.261. The van der Waals surface area contributed by atoms with E-state index in [0.29, 0.717) is 24.5 Å². The first kappa shape index (κ1) is 14.6. The highest BCUT2D eigenvalue weighted by molar-refractivity contribution is 5.62. The molecule has 0 spiro atoms. The second kappa shape index (κ2) is 6.50. The van der Waals surface area contributed by atoms with Gasteiger partial charge in [-0.15, -0.1) is 0 Å². The Morgan fingerprint density at radius 2 is 2.11 bits per heavy atom. The number of nitrogens with one attached hydrogen (secondary N) is 1. The van der Waals surface area contributed by atoms with Crippen LogP contribution in [0.2, 0.25) is 0 Å². The third-order valence-corrected chi connectivity index (χ3v) is 2.69. The molecule has 0 saturated heterocycles. The maximum atomic E-state index is 9.01. The van der Waals surface area contributed by atoms with E-state index in [0.717, 1.165) is 12.1 Å². The van der Waals surface area contributed by atoms with E-state index in [-0.39, 0.29) is 12.1 Å². The summed E-state index contributed by atoms with van der Waals surface area (Å²) in [5.41, 5.74) is 7.30. The Labute approximate surface area is 109 Å². The standard InChI is InChI=1S/C14H24N2O2/c1-4-9-18-13-10-11(5-6-12(13)15)16-14(2,3)7-8-17/h5-6,10,16-17H,4,7-9,15H2,1-3H3. The summed E-state index contributed by atoms with van der Waals surface area (Å²) in [5, 5.41) is 12.4. The average molecular weight is 252 g/mol. The maximum Gasteiger partial charge on any atom is 0.144 e. The van der Waals surface area contributed by atoms with E-state index in [9.17, 15) is 0 Å². The van der Waals surface area contributed by atoms with Gasteiger partial charge in [-0.25, -0.2) is 0 Å². The normalized spacial score (nSPS) is 11.3. The number of benzene rings is 1. The number of nitrogens with two attached hydrogens (primary N) is 1. The molecule has 4 N–H and O–H groups in total. The Balaban J connectivity index is 2.78. The van der Waals surface area contributed by atoms with E-state index in [2.05, 4.69) is 12.2 Å². The second-order valence-corrected chi connectivity index (χ2v) is 5.08. The number of hydrogen-bond acceptors (Lipinski definition) is 4. The van der Waals surface area contributed by atoms with E-state index in [4.69, 9.17) is 15.6 Å². The summed E-state index contributed by atoms with van der Waals surface area (Å²) in [4.78, 5) is 0. The summed E-state index contributed by atoms with van der Waals surface area (Å²) < 4.78 is 5.59. The van der Waals surface area contributed by atoms with E-state index in [1.54, 1.807) is 0 Å². The van der Waals surface area contributed by atoms with Crippen molar-refractivity contribution in [1.82, 2.24) is 0 Å². The van der Waals surface area contributed by atoms with Gasteiger partial charge in [0.25, 0.3) is 0 Å². The van der Waals surface area contributed by atoms with Crippen molar-refractivity contribution in [3.8, 4) is 5.75 Å². The van der Waals surface area contributed by atoms with Crippen LogP contribution in [-0.4, -0.2) is 23.9 Å². The van der Waals surface area contributed by atoms with Crippen LogP contribution in [0, 0.1) is 0 Å². The molecule has 0 aliphatic carbocycles. The number of nitrogen functional groups attached to an aromatic ring is 1. The first-order chi connectivity index (χ1) is 8.48. The quantitative estimate of drug-likeness (QED) is 0.653. The summed E-state index contributed by atoms with van der Waals surface area (Å²) in [6.07, 6.45) is 1.63. The summed E-state index contributed by atoms with van der Waals surface area (Å²) >= 11 is 0. The Kier molecular flexibility index (Phi) is 5.28. The molecule has 0 radical (unpaired) electrons. The van der Waals surface area contributed by atoms with Gasteiger partial charge in [-0.1, -0.05) is 6.92 Å². The predicted octanol–water partition coefficient (Wildman–Crippen LogP) is 2.63. The SMILES string of the molecule is CCCOc1cc(NC(C)(C)CCO)ccc1N. The number of hydrogen-bond donors (Lipinski definition) is 3. The van der Waals surface area contributed by atoms with E-state index in [1.165, 1.54) is 0 Å². The number of aliphatic hydroxyl groups excluding tert-OH is 1. The van der Waals surface area contributed by atoms with Gasteiger partial charge < -0.3 is 20.9 Å². The van der Waals surface area contributed by atoms with Crippen molar-refractivity contribution in [2.45, 2.75) is 39.2 Å². The lowest BCUT2D eigenvalue weighted by atomic mass is 10.0. The van der Waals surface area contributed by atoms with E-state index < -0.39 is 0 Å². The second-order valence-electron chi connectivity index (χ2n) is 5.08.